The number of aromatic nitrogens is 2. The van der Waals surface area contributed by atoms with Crippen molar-refractivity contribution < 1.29 is 4.79 Å². The second-order valence-corrected chi connectivity index (χ2v) is 5.66. The number of anilines is 1. The molecule has 0 saturated carbocycles. The molecule has 1 N–H and O–H groups in total. The molecule has 1 amide bonds. The number of rotatable bonds is 3. The van der Waals surface area contributed by atoms with Crippen molar-refractivity contribution in [2.24, 2.45) is 0 Å². The summed E-state index contributed by atoms with van der Waals surface area (Å²) in [6.07, 6.45) is 0. The van der Waals surface area contributed by atoms with Crippen LogP contribution in [0.5, 0.6) is 0 Å². The SMILES string of the molecule is Cc1ccc(-n2nc(C)cc2NC(=O)c2ccsc2)cc1. The fourth-order valence-corrected chi connectivity index (χ4v) is 2.69. The first kappa shape index (κ1) is 13.6. The van der Waals surface area contributed by atoms with E-state index >= 15 is 0 Å². The maximum absolute atomic E-state index is 12.2. The van der Waals surface area contributed by atoms with E-state index in [1.54, 1.807) is 10.7 Å². The smallest absolute Gasteiger partial charge is 0.257 e. The average molecular weight is 297 g/mol. The summed E-state index contributed by atoms with van der Waals surface area (Å²) in [7, 11) is 0. The van der Waals surface area contributed by atoms with Crippen molar-refractivity contribution in [3.05, 3.63) is 64.0 Å². The van der Waals surface area contributed by atoms with Crippen LogP contribution in [0, 0.1) is 13.8 Å². The van der Waals surface area contributed by atoms with Crippen molar-refractivity contribution in [1.29, 1.82) is 0 Å². The molecule has 0 fully saturated rings. The highest BCUT2D eigenvalue weighted by Gasteiger charge is 2.12. The Morgan fingerprint density at radius 3 is 2.62 bits per heavy atom. The average Bonchev–Trinajstić information content (AvgIpc) is 3.09. The number of thiophene rings is 1. The predicted octanol–water partition coefficient (Wildman–Crippen LogP) is 3.80. The normalized spacial score (nSPS) is 10.6. The van der Waals surface area contributed by atoms with Crippen LogP contribution in [-0.2, 0) is 0 Å². The quantitative estimate of drug-likeness (QED) is 0.799. The first-order valence-corrected chi connectivity index (χ1v) is 7.55. The van der Waals surface area contributed by atoms with Crippen LogP contribution < -0.4 is 5.32 Å². The van der Waals surface area contributed by atoms with E-state index in [0.29, 0.717) is 11.4 Å². The Bertz CT molecular complexity index is 757. The number of nitrogens with one attached hydrogen (secondary N) is 1. The van der Waals surface area contributed by atoms with Gasteiger partial charge in [-0.1, -0.05) is 17.7 Å². The Kier molecular flexibility index (Phi) is 3.58. The third kappa shape index (κ3) is 2.87. The van der Waals surface area contributed by atoms with Gasteiger partial charge in [-0.25, -0.2) is 4.68 Å². The van der Waals surface area contributed by atoms with Gasteiger partial charge >= 0.3 is 0 Å². The van der Waals surface area contributed by atoms with Crippen LogP contribution in [0.25, 0.3) is 5.69 Å². The Morgan fingerprint density at radius 2 is 1.95 bits per heavy atom. The van der Waals surface area contributed by atoms with Gasteiger partial charge in [-0.05, 0) is 37.4 Å². The molecule has 106 valence electrons. The molecule has 21 heavy (non-hydrogen) atoms. The zero-order valence-electron chi connectivity index (χ0n) is 11.8. The summed E-state index contributed by atoms with van der Waals surface area (Å²) in [5.41, 5.74) is 3.63. The van der Waals surface area contributed by atoms with Crippen molar-refractivity contribution in [2.75, 3.05) is 5.32 Å². The van der Waals surface area contributed by atoms with E-state index in [1.165, 1.54) is 16.9 Å². The highest BCUT2D eigenvalue weighted by atomic mass is 32.1. The Labute approximate surface area is 127 Å². The van der Waals surface area contributed by atoms with E-state index in [1.807, 2.05) is 54.9 Å². The minimum Gasteiger partial charge on any atom is -0.306 e. The number of carbonyl (C=O) groups excluding carboxylic acids is 1. The van der Waals surface area contributed by atoms with Crippen LogP contribution in [-0.4, -0.2) is 15.7 Å². The minimum absolute atomic E-state index is 0.121. The van der Waals surface area contributed by atoms with Crippen molar-refractivity contribution in [3.8, 4) is 5.69 Å². The monoisotopic (exact) mass is 297 g/mol. The van der Waals surface area contributed by atoms with E-state index in [-0.39, 0.29) is 5.91 Å². The molecule has 0 aliphatic carbocycles. The molecule has 0 aliphatic heterocycles. The standard InChI is InChI=1S/C16H15N3OS/c1-11-3-5-14(6-4-11)19-15(9-12(2)18-19)17-16(20)13-7-8-21-10-13/h3-10H,1-2H3,(H,17,20). The highest BCUT2D eigenvalue weighted by Crippen LogP contribution is 2.19. The first-order valence-electron chi connectivity index (χ1n) is 6.61. The van der Waals surface area contributed by atoms with Gasteiger partial charge in [0.2, 0.25) is 0 Å². The van der Waals surface area contributed by atoms with Gasteiger partial charge in [-0.2, -0.15) is 16.4 Å². The topological polar surface area (TPSA) is 46.9 Å². The molecule has 1 aromatic carbocycles. The van der Waals surface area contributed by atoms with Gasteiger partial charge in [0.05, 0.1) is 16.9 Å². The molecule has 0 spiro atoms. The maximum atomic E-state index is 12.2. The van der Waals surface area contributed by atoms with Gasteiger partial charge in [0.1, 0.15) is 5.82 Å². The van der Waals surface area contributed by atoms with E-state index in [0.717, 1.165) is 11.4 Å². The lowest BCUT2D eigenvalue weighted by Gasteiger charge is -2.08. The zero-order chi connectivity index (χ0) is 14.8. The molecule has 3 aromatic rings. The second kappa shape index (κ2) is 5.54. The molecule has 0 saturated heterocycles. The van der Waals surface area contributed by atoms with Gasteiger partial charge in [0.15, 0.2) is 0 Å². The summed E-state index contributed by atoms with van der Waals surface area (Å²) in [4.78, 5) is 12.2. The molecule has 0 unspecified atom stereocenters. The highest BCUT2D eigenvalue weighted by molar-refractivity contribution is 7.08. The molecular formula is C16H15N3OS. The summed E-state index contributed by atoms with van der Waals surface area (Å²) in [5, 5.41) is 11.1. The van der Waals surface area contributed by atoms with E-state index in [2.05, 4.69) is 10.4 Å². The molecule has 3 rings (SSSR count). The third-order valence-electron chi connectivity index (χ3n) is 3.14. The molecule has 2 heterocycles. The summed E-state index contributed by atoms with van der Waals surface area (Å²) in [6, 6.07) is 11.7. The lowest BCUT2D eigenvalue weighted by Crippen LogP contribution is -2.14. The van der Waals surface area contributed by atoms with Gasteiger partial charge in [-0.15, -0.1) is 0 Å². The second-order valence-electron chi connectivity index (χ2n) is 4.88. The van der Waals surface area contributed by atoms with Gasteiger partial charge in [0, 0.05) is 11.4 Å². The summed E-state index contributed by atoms with van der Waals surface area (Å²) in [6.45, 7) is 3.95. The Balaban J connectivity index is 1.92. The van der Waals surface area contributed by atoms with Gasteiger partial charge in [-0.3, -0.25) is 4.79 Å². The largest absolute Gasteiger partial charge is 0.306 e. The van der Waals surface area contributed by atoms with Crippen molar-refractivity contribution >= 4 is 23.1 Å². The molecule has 4 nitrogen and oxygen atoms in total. The Morgan fingerprint density at radius 1 is 1.19 bits per heavy atom. The van der Waals surface area contributed by atoms with E-state index in [4.69, 9.17) is 0 Å². The number of hydrogen-bond donors (Lipinski definition) is 1. The van der Waals surface area contributed by atoms with Gasteiger partial charge < -0.3 is 5.32 Å². The lowest BCUT2D eigenvalue weighted by molar-refractivity contribution is 0.102. The number of amides is 1. The van der Waals surface area contributed by atoms with Crippen LogP contribution in [0.15, 0.2) is 47.2 Å². The fraction of sp³-hybridized carbons (Fsp3) is 0.125. The van der Waals surface area contributed by atoms with Crippen molar-refractivity contribution in [1.82, 2.24) is 9.78 Å². The lowest BCUT2D eigenvalue weighted by atomic mass is 10.2. The number of nitrogens with zero attached hydrogens (tertiary/aromatic N) is 2. The first-order chi connectivity index (χ1) is 10.1. The Hall–Kier alpha value is -2.40. The number of aryl methyl sites for hydroxylation is 2. The van der Waals surface area contributed by atoms with Crippen LogP contribution in [0.1, 0.15) is 21.6 Å². The van der Waals surface area contributed by atoms with Crippen molar-refractivity contribution in [3.63, 3.8) is 0 Å². The van der Waals surface area contributed by atoms with Crippen molar-refractivity contribution in [2.45, 2.75) is 13.8 Å². The van der Waals surface area contributed by atoms with Crippen LogP contribution in [0.4, 0.5) is 5.82 Å². The number of benzene rings is 1. The van der Waals surface area contributed by atoms with Gasteiger partial charge in [0.25, 0.3) is 5.91 Å². The zero-order valence-corrected chi connectivity index (χ0v) is 12.6. The van der Waals surface area contributed by atoms with E-state index < -0.39 is 0 Å². The molecule has 0 bridgehead atoms. The summed E-state index contributed by atoms with van der Waals surface area (Å²) < 4.78 is 1.75. The molecular weight excluding hydrogens is 282 g/mol. The maximum Gasteiger partial charge on any atom is 0.257 e. The molecule has 0 radical (unpaired) electrons. The summed E-state index contributed by atoms with van der Waals surface area (Å²) >= 11 is 1.50. The fourth-order valence-electron chi connectivity index (χ4n) is 2.05. The molecule has 5 heteroatoms. The molecule has 0 aliphatic rings. The molecule has 2 aromatic heterocycles. The number of hydrogen-bond acceptors (Lipinski definition) is 3. The minimum atomic E-state index is -0.121. The molecule has 0 atom stereocenters. The van der Waals surface area contributed by atoms with Crippen LogP contribution in [0.3, 0.4) is 0 Å². The van der Waals surface area contributed by atoms with Crippen LogP contribution >= 0.6 is 11.3 Å². The number of carbonyl (C=O) groups is 1. The third-order valence-corrected chi connectivity index (χ3v) is 3.82. The summed E-state index contributed by atoms with van der Waals surface area (Å²) in [5.74, 6) is 0.553. The van der Waals surface area contributed by atoms with Crippen LogP contribution in [0.2, 0.25) is 0 Å². The predicted molar refractivity (Wildman–Crippen MR) is 85.3 cm³/mol. The van der Waals surface area contributed by atoms with E-state index in [9.17, 15) is 4.79 Å².